The zero-order chi connectivity index (χ0) is 15.7. The Morgan fingerprint density at radius 2 is 1.90 bits per heavy atom. The zero-order valence-electron chi connectivity index (χ0n) is 13.6. The van der Waals surface area contributed by atoms with E-state index in [-0.39, 0.29) is 11.5 Å². The second-order valence-corrected chi connectivity index (χ2v) is 8.17. The first-order valence-electron chi connectivity index (χ1n) is 7.88. The Kier molecular flexibility index (Phi) is 8.03. The van der Waals surface area contributed by atoms with E-state index in [4.69, 9.17) is 0 Å². The highest BCUT2D eigenvalue weighted by Crippen LogP contribution is 2.02. The van der Waals surface area contributed by atoms with Gasteiger partial charge in [-0.1, -0.05) is 13.8 Å². The summed E-state index contributed by atoms with van der Waals surface area (Å²) in [6.07, 6.45) is 1.08. The summed E-state index contributed by atoms with van der Waals surface area (Å²) in [5.41, 5.74) is 0. The smallest absolute Gasteiger partial charge is 0.191 e. The third kappa shape index (κ3) is 8.26. The van der Waals surface area contributed by atoms with Gasteiger partial charge in [0.1, 0.15) is 0 Å². The molecular formula is C14H30N4O2S. The fraction of sp³-hybridized carbons (Fsp3) is 0.929. The van der Waals surface area contributed by atoms with Crippen LogP contribution in [0, 0.1) is 5.92 Å². The Morgan fingerprint density at radius 3 is 2.48 bits per heavy atom. The van der Waals surface area contributed by atoms with Crippen molar-refractivity contribution in [2.24, 2.45) is 10.9 Å². The minimum absolute atomic E-state index is 0.287. The van der Waals surface area contributed by atoms with E-state index in [1.807, 2.05) is 0 Å². The normalized spacial score (nSPS) is 19.7. The average Bonchev–Trinajstić information content (AvgIpc) is 2.40. The minimum atomic E-state index is -2.78. The lowest BCUT2D eigenvalue weighted by Gasteiger charge is -2.26. The van der Waals surface area contributed by atoms with Gasteiger partial charge >= 0.3 is 0 Å². The molecule has 0 saturated carbocycles. The van der Waals surface area contributed by atoms with Crippen molar-refractivity contribution in [1.29, 1.82) is 0 Å². The van der Waals surface area contributed by atoms with E-state index in [9.17, 15) is 8.42 Å². The van der Waals surface area contributed by atoms with Crippen LogP contribution in [0.25, 0.3) is 0 Å². The molecule has 0 radical (unpaired) electrons. The molecule has 1 rings (SSSR count). The topological polar surface area (TPSA) is 73.8 Å². The molecule has 2 N–H and O–H groups in total. The molecule has 0 amide bonds. The summed E-state index contributed by atoms with van der Waals surface area (Å²) in [4.78, 5) is 6.73. The van der Waals surface area contributed by atoms with Crippen LogP contribution in [0.2, 0.25) is 0 Å². The van der Waals surface area contributed by atoms with Crippen molar-refractivity contribution in [3.05, 3.63) is 0 Å². The zero-order valence-corrected chi connectivity index (χ0v) is 14.4. The maximum absolute atomic E-state index is 11.4. The van der Waals surface area contributed by atoms with Crippen molar-refractivity contribution < 1.29 is 8.42 Å². The van der Waals surface area contributed by atoms with Crippen molar-refractivity contribution in [1.82, 2.24) is 15.5 Å². The molecule has 0 aromatic rings. The molecule has 1 fully saturated rings. The van der Waals surface area contributed by atoms with E-state index < -0.39 is 9.84 Å². The summed E-state index contributed by atoms with van der Waals surface area (Å²) < 4.78 is 22.7. The van der Waals surface area contributed by atoms with Crippen LogP contribution in [-0.4, -0.2) is 70.1 Å². The summed E-state index contributed by atoms with van der Waals surface area (Å²) in [7, 11) is -2.78. The molecule has 0 atom stereocenters. The summed E-state index contributed by atoms with van der Waals surface area (Å²) in [6, 6.07) is 0. The number of rotatable bonds is 7. The van der Waals surface area contributed by atoms with Gasteiger partial charge in [-0.3, -0.25) is 9.89 Å². The lowest BCUT2D eigenvalue weighted by Crippen LogP contribution is -2.46. The summed E-state index contributed by atoms with van der Waals surface area (Å²) in [5.74, 6) is 2.08. The summed E-state index contributed by atoms with van der Waals surface area (Å²) >= 11 is 0. The summed E-state index contributed by atoms with van der Waals surface area (Å²) in [5, 5.41) is 6.54. The highest BCUT2D eigenvalue weighted by Gasteiger charge is 2.20. The van der Waals surface area contributed by atoms with E-state index in [0.29, 0.717) is 19.0 Å². The van der Waals surface area contributed by atoms with Crippen LogP contribution in [0.1, 0.15) is 27.2 Å². The Hall–Kier alpha value is -0.820. The van der Waals surface area contributed by atoms with Gasteiger partial charge in [0.25, 0.3) is 0 Å². The number of sulfone groups is 1. The Balaban J connectivity index is 2.27. The average molecular weight is 318 g/mol. The molecule has 1 heterocycles. The van der Waals surface area contributed by atoms with Crippen LogP contribution in [0.4, 0.5) is 0 Å². The van der Waals surface area contributed by atoms with Crippen molar-refractivity contribution in [2.45, 2.75) is 27.2 Å². The third-order valence-electron chi connectivity index (χ3n) is 3.48. The maximum atomic E-state index is 11.4. The van der Waals surface area contributed by atoms with Gasteiger partial charge in [-0.15, -0.1) is 0 Å². The predicted molar refractivity (Wildman–Crippen MR) is 88.5 cm³/mol. The largest absolute Gasteiger partial charge is 0.357 e. The standard InChI is InChI=1S/C14H30N4O2S/c1-4-15-14(16-6-5-13(2)3)17-7-8-18-9-11-21(19,20)12-10-18/h13H,4-12H2,1-3H3,(H2,15,16,17). The second kappa shape index (κ2) is 9.25. The molecule has 0 spiro atoms. The van der Waals surface area contributed by atoms with E-state index in [0.717, 1.165) is 38.6 Å². The quantitative estimate of drug-likeness (QED) is 0.522. The molecule has 1 saturated heterocycles. The Labute approximate surface area is 129 Å². The lowest BCUT2D eigenvalue weighted by molar-refractivity contribution is 0.299. The molecule has 0 bridgehead atoms. The van der Waals surface area contributed by atoms with E-state index in [1.165, 1.54) is 0 Å². The molecule has 0 aromatic carbocycles. The first kappa shape index (κ1) is 18.2. The van der Waals surface area contributed by atoms with Crippen LogP contribution >= 0.6 is 0 Å². The van der Waals surface area contributed by atoms with Gasteiger partial charge in [0.05, 0.1) is 11.5 Å². The Bertz CT molecular complexity index is 407. The minimum Gasteiger partial charge on any atom is -0.357 e. The van der Waals surface area contributed by atoms with E-state index in [2.05, 4.69) is 41.3 Å². The number of aliphatic imine (C=N–C) groups is 1. The fourth-order valence-electron chi connectivity index (χ4n) is 2.08. The SMILES string of the molecule is CCNC(=NCCC(C)C)NCCN1CCS(=O)(=O)CC1. The van der Waals surface area contributed by atoms with Crippen LogP contribution in [0.3, 0.4) is 0 Å². The number of guanidine groups is 1. The third-order valence-corrected chi connectivity index (χ3v) is 5.09. The van der Waals surface area contributed by atoms with Gasteiger partial charge in [0.2, 0.25) is 0 Å². The molecule has 1 aliphatic rings. The van der Waals surface area contributed by atoms with Crippen molar-refractivity contribution in [3.8, 4) is 0 Å². The predicted octanol–water partition coefficient (Wildman–Crippen LogP) is 0.318. The number of hydrogen-bond acceptors (Lipinski definition) is 4. The van der Waals surface area contributed by atoms with Gasteiger partial charge in [0.15, 0.2) is 15.8 Å². The number of nitrogens with zero attached hydrogens (tertiary/aromatic N) is 2. The molecule has 0 unspecified atom stereocenters. The van der Waals surface area contributed by atoms with Crippen LogP contribution < -0.4 is 10.6 Å². The fourth-order valence-corrected chi connectivity index (χ4v) is 3.36. The van der Waals surface area contributed by atoms with Gasteiger partial charge in [0, 0.05) is 39.3 Å². The van der Waals surface area contributed by atoms with Gasteiger partial charge in [-0.2, -0.15) is 0 Å². The van der Waals surface area contributed by atoms with Gasteiger partial charge in [-0.05, 0) is 19.3 Å². The van der Waals surface area contributed by atoms with E-state index >= 15 is 0 Å². The number of nitrogens with one attached hydrogen (secondary N) is 2. The highest BCUT2D eigenvalue weighted by molar-refractivity contribution is 7.91. The van der Waals surface area contributed by atoms with Crippen molar-refractivity contribution in [3.63, 3.8) is 0 Å². The monoisotopic (exact) mass is 318 g/mol. The number of hydrogen-bond donors (Lipinski definition) is 2. The molecule has 0 aliphatic carbocycles. The Morgan fingerprint density at radius 1 is 1.24 bits per heavy atom. The first-order valence-corrected chi connectivity index (χ1v) is 9.70. The van der Waals surface area contributed by atoms with Crippen LogP contribution in [0.5, 0.6) is 0 Å². The van der Waals surface area contributed by atoms with E-state index in [1.54, 1.807) is 0 Å². The van der Waals surface area contributed by atoms with Crippen molar-refractivity contribution >= 4 is 15.8 Å². The second-order valence-electron chi connectivity index (χ2n) is 5.86. The molecule has 21 heavy (non-hydrogen) atoms. The highest BCUT2D eigenvalue weighted by atomic mass is 32.2. The first-order chi connectivity index (χ1) is 9.93. The van der Waals surface area contributed by atoms with Gasteiger partial charge < -0.3 is 10.6 Å². The maximum Gasteiger partial charge on any atom is 0.191 e. The molecule has 1 aliphatic heterocycles. The molecular weight excluding hydrogens is 288 g/mol. The van der Waals surface area contributed by atoms with Crippen molar-refractivity contribution in [2.75, 3.05) is 50.8 Å². The molecule has 7 heteroatoms. The van der Waals surface area contributed by atoms with Crippen LogP contribution in [-0.2, 0) is 9.84 Å². The molecule has 0 aromatic heterocycles. The lowest BCUT2D eigenvalue weighted by atomic mass is 10.1. The summed E-state index contributed by atoms with van der Waals surface area (Å²) in [6.45, 7) is 11.0. The van der Waals surface area contributed by atoms with Crippen LogP contribution in [0.15, 0.2) is 4.99 Å². The molecule has 6 nitrogen and oxygen atoms in total. The van der Waals surface area contributed by atoms with Gasteiger partial charge in [-0.25, -0.2) is 8.42 Å². The molecule has 124 valence electrons.